The number of aromatic nitrogens is 1. The summed E-state index contributed by atoms with van der Waals surface area (Å²) in [5.74, 6) is 1.34. The van der Waals surface area contributed by atoms with Crippen molar-refractivity contribution in [3.63, 3.8) is 0 Å². The first-order valence-corrected chi connectivity index (χ1v) is 8.76. The van der Waals surface area contributed by atoms with Gasteiger partial charge >= 0.3 is 0 Å². The van der Waals surface area contributed by atoms with E-state index in [1.54, 1.807) is 13.2 Å². The molecule has 0 fully saturated rings. The van der Waals surface area contributed by atoms with Gasteiger partial charge in [0.15, 0.2) is 5.13 Å². The number of nitrogens with one attached hydrogen (secondary N) is 1. The summed E-state index contributed by atoms with van der Waals surface area (Å²) in [4.78, 5) is 16.5. The van der Waals surface area contributed by atoms with Gasteiger partial charge < -0.3 is 9.15 Å². The number of allylic oxidation sites excluding steroid dienone is 1. The van der Waals surface area contributed by atoms with Crippen LogP contribution < -0.4 is 10.1 Å². The molecule has 1 amide bonds. The molecule has 0 aliphatic heterocycles. The predicted molar refractivity (Wildman–Crippen MR) is 101 cm³/mol. The Labute approximate surface area is 150 Å². The minimum atomic E-state index is -0.214. The van der Waals surface area contributed by atoms with Crippen molar-refractivity contribution in [3.05, 3.63) is 46.2 Å². The van der Waals surface area contributed by atoms with Crippen LogP contribution in [-0.2, 0) is 4.79 Å². The Morgan fingerprint density at radius 2 is 2.08 bits per heavy atom. The smallest absolute Gasteiger partial charge is 0.250 e. The summed E-state index contributed by atoms with van der Waals surface area (Å²) in [6.45, 7) is 7.74. The third-order valence-corrected chi connectivity index (χ3v) is 4.99. The standard InChI is InChI=1S/C19H20N2O3S/c1-10(6-18(22)21-19-20-11(2)9-25-19)14-7-15-12(3)13(4)24-17(15)8-16(14)23-5/h6-9H,1-5H3,(H,20,21,22)/b10-6+. The molecule has 1 N–H and O–H groups in total. The van der Waals surface area contributed by atoms with Crippen molar-refractivity contribution in [1.82, 2.24) is 4.98 Å². The maximum Gasteiger partial charge on any atom is 0.250 e. The molecule has 0 saturated carbocycles. The highest BCUT2D eigenvalue weighted by Gasteiger charge is 2.14. The average molecular weight is 356 g/mol. The molecule has 2 aromatic heterocycles. The third-order valence-electron chi connectivity index (χ3n) is 4.12. The number of benzene rings is 1. The van der Waals surface area contributed by atoms with Gasteiger partial charge in [0.25, 0.3) is 0 Å². The highest BCUT2D eigenvalue weighted by Crippen LogP contribution is 2.34. The molecule has 1 aromatic carbocycles. The Hall–Kier alpha value is -2.60. The van der Waals surface area contributed by atoms with E-state index in [4.69, 9.17) is 9.15 Å². The van der Waals surface area contributed by atoms with Gasteiger partial charge in [-0.15, -0.1) is 11.3 Å². The molecule has 0 unspecified atom stereocenters. The van der Waals surface area contributed by atoms with Gasteiger partial charge in [-0.2, -0.15) is 0 Å². The molecule has 0 atom stereocenters. The summed E-state index contributed by atoms with van der Waals surface area (Å²) in [6, 6.07) is 3.87. The van der Waals surface area contributed by atoms with Crippen LogP contribution in [-0.4, -0.2) is 18.0 Å². The highest BCUT2D eigenvalue weighted by atomic mass is 32.1. The van der Waals surface area contributed by atoms with E-state index in [9.17, 15) is 4.79 Å². The first kappa shape index (κ1) is 17.2. The van der Waals surface area contributed by atoms with Crippen molar-refractivity contribution < 1.29 is 13.9 Å². The van der Waals surface area contributed by atoms with Crippen LogP contribution in [0.3, 0.4) is 0 Å². The molecule has 3 aromatic rings. The average Bonchev–Trinajstić information content (AvgIpc) is 3.09. The van der Waals surface area contributed by atoms with Gasteiger partial charge in [0.05, 0.1) is 12.8 Å². The summed E-state index contributed by atoms with van der Waals surface area (Å²) >= 11 is 1.41. The molecule has 6 heteroatoms. The van der Waals surface area contributed by atoms with Crippen LogP contribution in [0.2, 0.25) is 0 Å². The van der Waals surface area contributed by atoms with E-state index in [0.29, 0.717) is 10.9 Å². The number of carbonyl (C=O) groups is 1. The van der Waals surface area contributed by atoms with Crippen LogP contribution in [0.4, 0.5) is 5.13 Å². The van der Waals surface area contributed by atoms with Gasteiger partial charge in [0.1, 0.15) is 17.1 Å². The number of rotatable bonds is 4. The van der Waals surface area contributed by atoms with E-state index in [1.807, 2.05) is 45.2 Å². The molecule has 0 bridgehead atoms. The second-order valence-corrected chi connectivity index (χ2v) is 6.80. The Morgan fingerprint density at radius 3 is 2.72 bits per heavy atom. The molecular weight excluding hydrogens is 336 g/mol. The summed E-state index contributed by atoms with van der Waals surface area (Å²) in [7, 11) is 1.61. The highest BCUT2D eigenvalue weighted by molar-refractivity contribution is 7.13. The van der Waals surface area contributed by atoms with Gasteiger partial charge in [-0.3, -0.25) is 10.1 Å². The first-order chi connectivity index (χ1) is 11.9. The molecule has 0 spiro atoms. The Kier molecular flexibility index (Phi) is 4.63. The van der Waals surface area contributed by atoms with Crippen molar-refractivity contribution in [2.75, 3.05) is 12.4 Å². The number of ether oxygens (including phenoxy) is 1. The van der Waals surface area contributed by atoms with Crippen molar-refractivity contribution in [2.24, 2.45) is 0 Å². The largest absolute Gasteiger partial charge is 0.496 e. The van der Waals surface area contributed by atoms with E-state index in [-0.39, 0.29) is 5.91 Å². The Morgan fingerprint density at radius 1 is 1.32 bits per heavy atom. The maximum absolute atomic E-state index is 12.3. The minimum absolute atomic E-state index is 0.214. The number of aryl methyl sites for hydroxylation is 3. The van der Waals surface area contributed by atoms with E-state index in [2.05, 4.69) is 10.3 Å². The maximum atomic E-state index is 12.3. The second kappa shape index (κ2) is 6.72. The zero-order valence-corrected chi connectivity index (χ0v) is 15.7. The number of furan rings is 1. The number of methoxy groups -OCH3 is 1. The zero-order valence-electron chi connectivity index (χ0n) is 14.9. The molecule has 25 heavy (non-hydrogen) atoms. The summed E-state index contributed by atoms with van der Waals surface area (Å²) in [6.07, 6.45) is 1.56. The molecule has 5 nitrogen and oxygen atoms in total. The van der Waals surface area contributed by atoms with E-state index in [1.165, 1.54) is 11.3 Å². The van der Waals surface area contributed by atoms with E-state index < -0.39 is 0 Å². The lowest BCUT2D eigenvalue weighted by molar-refractivity contribution is -0.111. The van der Waals surface area contributed by atoms with Crippen LogP contribution in [0.1, 0.15) is 29.5 Å². The number of amides is 1. The van der Waals surface area contributed by atoms with E-state index >= 15 is 0 Å². The normalized spacial score (nSPS) is 11.8. The second-order valence-electron chi connectivity index (χ2n) is 5.94. The van der Waals surface area contributed by atoms with Crippen LogP contribution in [0, 0.1) is 20.8 Å². The number of nitrogens with zero attached hydrogens (tertiary/aromatic N) is 1. The van der Waals surface area contributed by atoms with Gasteiger partial charge in [0.2, 0.25) is 5.91 Å². The summed E-state index contributed by atoms with van der Waals surface area (Å²) < 4.78 is 11.2. The van der Waals surface area contributed by atoms with E-state index in [0.717, 1.165) is 39.1 Å². The topological polar surface area (TPSA) is 64.4 Å². The van der Waals surface area contributed by atoms with Crippen molar-refractivity contribution >= 4 is 38.9 Å². The number of thiazole rings is 1. The summed E-state index contributed by atoms with van der Waals surface area (Å²) in [5.41, 5.74) is 4.44. The van der Waals surface area contributed by atoms with Crippen molar-refractivity contribution in [2.45, 2.75) is 27.7 Å². The van der Waals surface area contributed by atoms with Gasteiger partial charge in [-0.1, -0.05) is 0 Å². The molecule has 0 aliphatic rings. The zero-order chi connectivity index (χ0) is 18.1. The number of fused-ring (bicyclic) bond motifs is 1. The number of carbonyl (C=O) groups excluding carboxylic acids is 1. The Balaban J connectivity index is 1.95. The third kappa shape index (κ3) is 3.44. The minimum Gasteiger partial charge on any atom is -0.496 e. The fourth-order valence-corrected chi connectivity index (χ4v) is 3.37. The van der Waals surface area contributed by atoms with Crippen molar-refractivity contribution in [1.29, 1.82) is 0 Å². The molecule has 0 saturated heterocycles. The van der Waals surface area contributed by atoms with Gasteiger partial charge in [-0.05, 0) is 44.9 Å². The van der Waals surface area contributed by atoms with Gasteiger partial charge in [-0.25, -0.2) is 4.98 Å². The summed E-state index contributed by atoms with van der Waals surface area (Å²) in [5, 5.41) is 6.30. The van der Waals surface area contributed by atoms with Crippen LogP contribution in [0.25, 0.3) is 16.5 Å². The fraction of sp³-hybridized carbons (Fsp3) is 0.263. The van der Waals surface area contributed by atoms with Crippen molar-refractivity contribution in [3.8, 4) is 5.75 Å². The molecule has 130 valence electrons. The number of anilines is 1. The SMILES string of the molecule is COc1cc2oc(C)c(C)c2cc1/C(C)=C/C(=O)Nc1nc(C)cs1. The molecular formula is C19H20N2O3S. The quantitative estimate of drug-likeness (QED) is 0.678. The molecule has 3 rings (SSSR count). The molecule has 2 heterocycles. The predicted octanol–water partition coefficient (Wildman–Crippen LogP) is 4.87. The van der Waals surface area contributed by atoms with Crippen LogP contribution >= 0.6 is 11.3 Å². The first-order valence-electron chi connectivity index (χ1n) is 7.88. The lowest BCUT2D eigenvalue weighted by atomic mass is 10.0. The van der Waals surface area contributed by atoms with Crippen LogP contribution in [0.5, 0.6) is 5.75 Å². The number of hydrogen-bond acceptors (Lipinski definition) is 5. The lowest BCUT2D eigenvalue weighted by Crippen LogP contribution is -2.08. The monoisotopic (exact) mass is 356 g/mol. The molecule has 0 radical (unpaired) electrons. The molecule has 0 aliphatic carbocycles. The number of hydrogen-bond donors (Lipinski definition) is 1. The van der Waals surface area contributed by atoms with Crippen LogP contribution in [0.15, 0.2) is 28.0 Å². The Bertz CT molecular complexity index is 982. The van der Waals surface area contributed by atoms with Gasteiger partial charge in [0, 0.05) is 28.5 Å². The lowest BCUT2D eigenvalue weighted by Gasteiger charge is -2.09. The fourth-order valence-electron chi connectivity index (χ4n) is 2.67.